The zero-order valence-electron chi connectivity index (χ0n) is 8.12. The minimum atomic E-state index is 0.255. The zero-order valence-corrected chi connectivity index (χ0v) is 8.12. The molecule has 13 heavy (non-hydrogen) atoms. The predicted molar refractivity (Wildman–Crippen MR) is 58.0 cm³/mol. The quantitative estimate of drug-likeness (QED) is 0.754. The Kier molecular flexibility index (Phi) is 5.19. The van der Waals surface area contributed by atoms with Crippen LogP contribution in [0, 0.1) is 0 Å². The molecule has 0 amide bonds. The van der Waals surface area contributed by atoms with Gasteiger partial charge < -0.3 is 5.73 Å². The third-order valence-electron chi connectivity index (χ3n) is 1.28. The van der Waals surface area contributed by atoms with Crippen molar-refractivity contribution in [3.05, 3.63) is 30.6 Å². The first kappa shape index (κ1) is 11.4. The van der Waals surface area contributed by atoms with Crippen LogP contribution >= 0.6 is 0 Å². The Hall–Kier alpha value is -1.64. The standard InChI is InChI=1S/C8H9N3.C2H6/c1-3-6-5-10-8(9)11-7(6)4-2;1-2/h3-5H,1-2H2,(H2,9,10,11);1-2H3. The molecule has 0 aliphatic rings. The van der Waals surface area contributed by atoms with Gasteiger partial charge in [-0.05, 0) is 6.08 Å². The van der Waals surface area contributed by atoms with Crippen molar-refractivity contribution < 1.29 is 0 Å². The first-order chi connectivity index (χ1) is 6.27. The van der Waals surface area contributed by atoms with Gasteiger partial charge in [-0.25, -0.2) is 9.97 Å². The zero-order chi connectivity index (χ0) is 10.3. The monoisotopic (exact) mass is 177 g/mol. The molecular formula is C10H15N3. The number of nitrogens with two attached hydrogens (primary N) is 1. The molecule has 3 nitrogen and oxygen atoms in total. The molecule has 0 aromatic carbocycles. The molecule has 0 fully saturated rings. The minimum absolute atomic E-state index is 0.255. The number of nitrogen functional groups attached to an aromatic ring is 1. The average Bonchev–Trinajstić information content (AvgIpc) is 2.20. The summed E-state index contributed by atoms with van der Waals surface area (Å²) >= 11 is 0. The van der Waals surface area contributed by atoms with Crippen molar-refractivity contribution in [2.75, 3.05) is 5.73 Å². The Balaban J connectivity index is 0.000000671. The van der Waals surface area contributed by atoms with Crippen molar-refractivity contribution in [3.63, 3.8) is 0 Å². The molecule has 0 radical (unpaired) electrons. The van der Waals surface area contributed by atoms with E-state index in [0.29, 0.717) is 5.69 Å². The van der Waals surface area contributed by atoms with Crippen molar-refractivity contribution in [1.29, 1.82) is 0 Å². The molecule has 2 N–H and O–H groups in total. The van der Waals surface area contributed by atoms with Crippen molar-refractivity contribution in [3.8, 4) is 0 Å². The number of aromatic nitrogens is 2. The van der Waals surface area contributed by atoms with Crippen LogP contribution in [-0.4, -0.2) is 9.97 Å². The van der Waals surface area contributed by atoms with E-state index in [4.69, 9.17) is 5.73 Å². The van der Waals surface area contributed by atoms with E-state index in [0.717, 1.165) is 5.56 Å². The molecule has 0 saturated carbocycles. The van der Waals surface area contributed by atoms with Crippen LogP contribution in [0.15, 0.2) is 19.4 Å². The average molecular weight is 177 g/mol. The summed E-state index contributed by atoms with van der Waals surface area (Å²) in [6.07, 6.45) is 4.90. The van der Waals surface area contributed by atoms with Gasteiger partial charge in [0.15, 0.2) is 0 Å². The van der Waals surface area contributed by atoms with Crippen LogP contribution < -0.4 is 5.73 Å². The minimum Gasteiger partial charge on any atom is -0.368 e. The highest BCUT2D eigenvalue weighted by Crippen LogP contribution is 2.08. The number of nitrogens with zero attached hydrogens (tertiary/aromatic N) is 2. The van der Waals surface area contributed by atoms with E-state index in [2.05, 4.69) is 23.1 Å². The van der Waals surface area contributed by atoms with Gasteiger partial charge in [-0.2, -0.15) is 0 Å². The van der Waals surface area contributed by atoms with Crippen molar-refractivity contribution in [2.45, 2.75) is 13.8 Å². The first-order valence-electron chi connectivity index (χ1n) is 4.15. The second-order valence-corrected chi connectivity index (χ2v) is 1.98. The topological polar surface area (TPSA) is 51.8 Å². The van der Waals surface area contributed by atoms with E-state index in [9.17, 15) is 0 Å². The summed E-state index contributed by atoms with van der Waals surface area (Å²) in [6.45, 7) is 11.2. The van der Waals surface area contributed by atoms with E-state index >= 15 is 0 Å². The number of anilines is 1. The molecule has 1 rings (SSSR count). The molecule has 0 atom stereocenters. The lowest BCUT2D eigenvalue weighted by atomic mass is 10.2. The largest absolute Gasteiger partial charge is 0.368 e. The molecule has 3 heteroatoms. The highest BCUT2D eigenvalue weighted by Gasteiger charge is 1.96. The summed E-state index contributed by atoms with van der Waals surface area (Å²) in [5, 5.41) is 0. The molecule has 0 unspecified atom stereocenters. The van der Waals surface area contributed by atoms with Crippen LogP contribution in [0.25, 0.3) is 12.2 Å². The van der Waals surface area contributed by atoms with Gasteiger partial charge in [-0.1, -0.05) is 33.1 Å². The Morgan fingerprint density at radius 1 is 1.31 bits per heavy atom. The van der Waals surface area contributed by atoms with Crippen LogP contribution in [0.1, 0.15) is 25.1 Å². The molecule has 0 saturated heterocycles. The summed E-state index contributed by atoms with van der Waals surface area (Å²) in [4.78, 5) is 7.75. The van der Waals surface area contributed by atoms with E-state index in [-0.39, 0.29) is 5.95 Å². The fourth-order valence-corrected chi connectivity index (χ4v) is 0.739. The van der Waals surface area contributed by atoms with Gasteiger partial charge in [0.1, 0.15) is 0 Å². The molecule has 1 aromatic rings. The van der Waals surface area contributed by atoms with E-state index in [1.807, 2.05) is 13.8 Å². The summed E-state index contributed by atoms with van der Waals surface area (Å²) < 4.78 is 0. The highest BCUT2D eigenvalue weighted by molar-refractivity contribution is 5.60. The van der Waals surface area contributed by atoms with Crippen LogP contribution in [-0.2, 0) is 0 Å². The maximum absolute atomic E-state index is 5.35. The normalized spacial score (nSPS) is 8.15. The second-order valence-electron chi connectivity index (χ2n) is 1.98. The van der Waals surface area contributed by atoms with Crippen LogP contribution in [0.2, 0.25) is 0 Å². The molecule has 1 heterocycles. The van der Waals surface area contributed by atoms with Crippen LogP contribution in [0.3, 0.4) is 0 Å². The van der Waals surface area contributed by atoms with Gasteiger partial charge in [0.2, 0.25) is 5.95 Å². The van der Waals surface area contributed by atoms with Crippen LogP contribution in [0.5, 0.6) is 0 Å². The smallest absolute Gasteiger partial charge is 0.220 e. The molecule has 1 aromatic heterocycles. The molecule has 70 valence electrons. The Bertz CT molecular complexity index is 292. The fourth-order valence-electron chi connectivity index (χ4n) is 0.739. The summed E-state index contributed by atoms with van der Waals surface area (Å²) in [5.74, 6) is 0.255. The maximum Gasteiger partial charge on any atom is 0.220 e. The molecular weight excluding hydrogens is 162 g/mol. The summed E-state index contributed by atoms with van der Waals surface area (Å²) in [7, 11) is 0. The molecule has 0 spiro atoms. The molecule has 0 aliphatic carbocycles. The predicted octanol–water partition coefficient (Wildman–Crippen LogP) is 2.37. The lowest BCUT2D eigenvalue weighted by molar-refractivity contribution is 1.16. The van der Waals surface area contributed by atoms with E-state index < -0.39 is 0 Å². The van der Waals surface area contributed by atoms with Gasteiger partial charge in [0, 0.05) is 11.8 Å². The number of hydrogen-bond donors (Lipinski definition) is 1. The summed E-state index contributed by atoms with van der Waals surface area (Å²) in [5.41, 5.74) is 6.91. The fraction of sp³-hybridized carbons (Fsp3) is 0.200. The first-order valence-corrected chi connectivity index (χ1v) is 4.15. The highest BCUT2D eigenvalue weighted by atomic mass is 15.0. The van der Waals surface area contributed by atoms with Gasteiger partial charge in [0.25, 0.3) is 0 Å². The van der Waals surface area contributed by atoms with Crippen molar-refractivity contribution in [2.24, 2.45) is 0 Å². The Morgan fingerprint density at radius 3 is 2.38 bits per heavy atom. The maximum atomic E-state index is 5.35. The van der Waals surface area contributed by atoms with Gasteiger partial charge >= 0.3 is 0 Å². The van der Waals surface area contributed by atoms with Gasteiger partial charge in [-0.3, -0.25) is 0 Å². The van der Waals surface area contributed by atoms with E-state index in [1.165, 1.54) is 0 Å². The van der Waals surface area contributed by atoms with Crippen molar-refractivity contribution in [1.82, 2.24) is 9.97 Å². The van der Waals surface area contributed by atoms with Crippen LogP contribution in [0.4, 0.5) is 5.95 Å². The third-order valence-corrected chi connectivity index (χ3v) is 1.28. The number of hydrogen-bond acceptors (Lipinski definition) is 3. The molecule has 0 bridgehead atoms. The Labute approximate surface area is 79.0 Å². The Morgan fingerprint density at radius 2 is 1.92 bits per heavy atom. The molecule has 0 aliphatic heterocycles. The lowest BCUT2D eigenvalue weighted by Crippen LogP contribution is -1.97. The second kappa shape index (κ2) is 5.94. The van der Waals surface area contributed by atoms with Gasteiger partial charge in [0.05, 0.1) is 5.69 Å². The third kappa shape index (κ3) is 3.07. The summed E-state index contributed by atoms with van der Waals surface area (Å²) in [6, 6.07) is 0. The number of rotatable bonds is 2. The SMILES string of the molecule is C=Cc1cnc(N)nc1C=C.CC. The van der Waals surface area contributed by atoms with Gasteiger partial charge in [-0.15, -0.1) is 0 Å². The lowest BCUT2D eigenvalue weighted by Gasteiger charge is -1.98. The van der Waals surface area contributed by atoms with Crippen molar-refractivity contribution >= 4 is 18.1 Å². The van der Waals surface area contributed by atoms with E-state index in [1.54, 1.807) is 18.3 Å².